The van der Waals surface area contributed by atoms with E-state index in [1.807, 2.05) is 0 Å². The van der Waals surface area contributed by atoms with Crippen LogP contribution in [0.2, 0.25) is 15.1 Å². The number of hydrogen-bond donors (Lipinski definition) is 2. The Morgan fingerprint density at radius 3 is 2.73 bits per heavy atom. The van der Waals surface area contributed by atoms with Crippen LogP contribution >= 0.6 is 46.1 Å². The van der Waals surface area contributed by atoms with Crippen molar-refractivity contribution in [3.05, 3.63) is 31.7 Å². The summed E-state index contributed by atoms with van der Waals surface area (Å²) in [5.41, 5.74) is -0.190. The first-order chi connectivity index (χ1) is 10.4. The minimum atomic E-state index is -0.648. The smallest absolute Gasteiger partial charge is 0.262 e. The van der Waals surface area contributed by atoms with Crippen LogP contribution in [0.4, 0.5) is 5.13 Å². The number of amides is 1. The zero-order chi connectivity index (χ0) is 16.3. The van der Waals surface area contributed by atoms with Crippen molar-refractivity contribution in [3.8, 4) is 5.75 Å². The number of anilines is 1. The Hall–Kier alpha value is -1.08. The van der Waals surface area contributed by atoms with Gasteiger partial charge in [-0.15, -0.1) is 10.2 Å². The highest BCUT2D eigenvalue weighted by molar-refractivity contribution is 7.15. The van der Waals surface area contributed by atoms with Crippen LogP contribution in [0.1, 0.15) is 35.1 Å². The number of carbonyl (C=O) groups excluding carboxylic acids is 1. The van der Waals surface area contributed by atoms with E-state index in [0.717, 1.165) is 24.3 Å². The number of benzene rings is 1. The van der Waals surface area contributed by atoms with Gasteiger partial charge >= 0.3 is 0 Å². The van der Waals surface area contributed by atoms with Crippen LogP contribution in [0.25, 0.3) is 0 Å². The van der Waals surface area contributed by atoms with E-state index in [-0.39, 0.29) is 20.6 Å². The molecule has 1 aromatic carbocycles. The Bertz CT molecular complexity index is 680. The van der Waals surface area contributed by atoms with Gasteiger partial charge in [0.05, 0.1) is 15.1 Å². The van der Waals surface area contributed by atoms with E-state index >= 15 is 0 Å². The summed E-state index contributed by atoms with van der Waals surface area (Å²) in [7, 11) is 0. The van der Waals surface area contributed by atoms with Crippen molar-refractivity contribution in [2.75, 3.05) is 5.32 Å². The second-order valence-electron chi connectivity index (χ2n) is 4.44. The van der Waals surface area contributed by atoms with Crippen molar-refractivity contribution in [1.29, 1.82) is 0 Å². The van der Waals surface area contributed by atoms with E-state index in [4.69, 9.17) is 34.8 Å². The molecule has 1 amide bonds. The number of aromatic hydroxyl groups is 1. The Labute approximate surface area is 146 Å². The second-order valence-corrected chi connectivity index (χ2v) is 6.69. The number of halogens is 3. The van der Waals surface area contributed by atoms with Gasteiger partial charge < -0.3 is 5.11 Å². The first-order valence-corrected chi connectivity index (χ1v) is 8.39. The molecule has 0 unspecified atom stereocenters. The maximum absolute atomic E-state index is 12.2. The minimum Gasteiger partial charge on any atom is -0.505 e. The number of aryl methyl sites for hydroxylation is 1. The fourth-order valence-corrected chi connectivity index (χ4v) is 3.16. The third-order valence-corrected chi connectivity index (χ3v) is 4.78. The maximum Gasteiger partial charge on any atom is 0.262 e. The van der Waals surface area contributed by atoms with Crippen LogP contribution in [0, 0.1) is 0 Å². The monoisotopic (exact) mass is 379 g/mol. The molecular formula is C13H12Cl3N3O2S. The average molecular weight is 381 g/mol. The Morgan fingerprint density at radius 2 is 2.05 bits per heavy atom. The lowest BCUT2D eigenvalue weighted by molar-refractivity contribution is 0.102. The summed E-state index contributed by atoms with van der Waals surface area (Å²) >= 11 is 18.9. The third kappa shape index (κ3) is 3.81. The van der Waals surface area contributed by atoms with E-state index in [1.165, 1.54) is 17.4 Å². The molecule has 0 spiro atoms. The number of nitrogens with zero attached hydrogens (tertiary/aromatic N) is 2. The molecule has 1 aromatic heterocycles. The summed E-state index contributed by atoms with van der Waals surface area (Å²) in [5.74, 6) is -1.07. The summed E-state index contributed by atoms with van der Waals surface area (Å²) in [6.45, 7) is 2.08. The fraction of sp³-hybridized carbons (Fsp3) is 0.308. The molecule has 0 fully saturated rings. The van der Waals surface area contributed by atoms with E-state index in [2.05, 4.69) is 22.4 Å². The van der Waals surface area contributed by atoms with Crippen LogP contribution in [0.3, 0.4) is 0 Å². The summed E-state index contributed by atoms with van der Waals surface area (Å²) < 4.78 is 0. The van der Waals surface area contributed by atoms with Gasteiger partial charge in [0.2, 0.25) is 5.13 Å². The van der Waals surface area contributed by atoms with Gasteiger partial charge in [-0.1, -0.05) is 59.5 Å². The lowest BCUT2D eigenvalue weighted by Crippen LogP contribution is -2.13. The SMILES string of the molecule is CCCCc1nnc(NC(=O)c2c(O)c(Cl)cc(Cl)c2Cl)s1. The highest BCUT2D eigenvalue weighted by Gasteiger charge is 2.22. The van der Waals surface area contributed by atoms with Crippen molar-refractivity contribution < 1.29 is 9.90 Å². The third-order valence-electron chi connectivity index (χ3n) is 2.80. The molecule has 0 aliphatic carbocycles. The number of hydrogen-bond acceptors (Lipinski definition) is 5. The second kappa shape index (κ2) is 7.46. The van der Waals surface area contributed by atoms with Gasteiger partial charge in [-0.25, -0.2) is 0 Å². The summed E-state index contributed by atoms with van der Waals surface area (Å²) in [6, 6.07) is 1.27. The largest absolute Gasteiger partial charge is 0.505 e. The molecule has 1 heterocycles. The number of nitrogens with one attached hydrogen (secondary N) is 1. The van der Waals surface area contributed by atoms with Crippen LogP contribution in [0.15, 0.2) is 6.07 Å². The van der Waals surface area contributed by atoms with Gasteiger partial charge in [0.15, 0.2) is 0 Å². The van der Waals surface area contributed by atoms with E-state index in [0.29, 0.717) is 5.13 Å². The summed E-state index contributed by atoms with van der Waals surface area (Å²) in [5, 5.41) is 21.4. The molecule has 118 valence electrons. The molecular weight excluding hydrogens is 369 g/mol. The zero-order valence-corrected chi connectivity index (χ0v) is 14.6. The Kier molecular flexibility index (Phi) is 5.86. The van der Waals surface area contributed by atoms with Gasteiger partial charge in [-0.3, -0.25) is 10.1 Å². The van der Waals surface area contributed by atoms with Crippen molar-refractivity contribution in [1.82, 2.24) is 10.2 Å². The number of aromatic nitrogens is 2. The molecule has 0 aliphatic rings. The normalized spacial score (nSPS) is 10.7. The highest BCUT2D eigenvalue weighted by atomic mass is 35.5. The molecule has 0 saturated heterocycles. The van der Waals surface area contributed by atoms with Crippen molar-refractivity contribution in [2.45, 2.75) is 26.2 Å². The molecule has 0 bridgehead atoms. The fourth-order valence-electron chi connectivity index (χ4n) is 1.69. The van der Waals surface area contributed by atoms with Crippen molar-refractivity contribution >= 4 is 57.2 Å². The molecule has 2 aromatic rings. The van der Waals surface area contributed by atoms with Gasteiger partial charge in [-0.2, -0.15) is 0 Å². The molecule has 0 radical (unpaired) electrons. The standard InChI is InChI=1S/C13H12Cl3N3O2S/c1-2-3-4-8-18-19-13(22-8)17-12(21)9-10(16)6(14)5-7(15)11(9)20/h5,20H,2-4H2,1H3,(H,17,19,21). The predicted molar refractivity (Wildman–Crippen MR) is 89.6 cm³/mol. The first kappa shape index (κ1) is 17.3. The minimum absolute atomic E-state index is 0.0551. The topological polar surface area (TPSA) is 75.1 Å². The number of unbranched alkanes of at least 4 members (excludes halogenated alkanes) is 1. The first-order valence-electron chi connectivity index (χ1n) is 6.44. The molecule has 9 heteroatoms. The molecule has 2 N–H and O–H groups in total. The molecule has 5 nitrogen and oxygen atoms in total. The lowest BCUT2D eigenvalue weighted by atomic mass is 10.2. The van der Waals surface area contributed by atoms with E-state index < -0.39 is 11.7 Å². The van der Waals surface area contributed by atoms with Gasteiger partial charge in [0.25, 0.3) is 5.91 Å². The van der Waals surface area contributed by atoms with Gasteiger partial charge in [0.1, 0.15) is 16.3 Å². The molecule has 0 aliphatic heterocycles. The van der Waals surface area contributed by atoms with Gasteiger partial charge in [-0.05, 0) is 12.5 Å². The molecule has 22 heavy (non-hydrogen) atoms. The molecule has 0 atom stereocenters. The van der Waals surface area contributed by atoms with Crippen LogP contribution in [0.5, 0.6) is 5.75 Å². The number of phenols is 1. The highest BCUT2D eigenvalue weighted by Crippen LogP contribution is 2.38. The molecule has 0 saturated carbocycles. The summed E-state index contributed by atoms with van der Waals surface area (Å²) in [6.07, 6.45) is 2.85. The average Bonchev–Trinajstić information content (AvgIpc) is 2.90. The Morgan fingerprint density at radius 1 is 1.32 bits per heavy atom. The zero-order valence-electron chi connectivity index (χ0n) is 11.5. The summed E-state index contributed by atoms with van der Waals surface area (Å²) in [4.78, 5) is 12.2. The lowest BCUT2D eigenvalue weighted by Gasteiger charge is -2.09. The van der Waals surface area contributed by atoms with Gasteiger partial charge in [0, 0.05) is 6.42 Å². The Balaban J connectivity index is 2.21. The number of phenolic OH excluding ortho intramolecular Hbond substituents is 1. The van der Waals surface area contributed by atoms with E-state index in [1.54, 1.807) is 0 Å². The molecule has 2 rings (SSSR count). The quantitative estimate of drug-likeness (QED) is 0.731. The number of rotatable bonds is 5. The predicted octanol–water partition coefficient (Wildman–Crippen LogP) is 4.80. The van der Waals surface area contributed by atoms with Crippen molar-refractivity contribution in [2.24, 2.45) is 0 Å². The van der Waals surface area contributed by atoms with Crippen LogP contribution < -0.4 is 5.32 Å². The van der Waals surface area contributed by atoms with E-state index in [9.17, 15) is 9.90 Å². The van der Waals surface area contributed by atoms with Crippen LogP contribution in [-0.4, -0.2) is 21.2 Å². The van der Waals surface area contributed by atoms with Crippen molar-refractivity contribution in [3.63, 3.8) is 0 Å². The maximum atomic E-state index is 12.2. The number of carbonyl (C=O) groups is 1. The van der Waals surface area contributed by atoms with Crippen LogP contribution in [-0.2, 0) is 6.42 Å².